The van der Waals surface area contributed by atoms with Crippen molar-refractivity contribution in [1.29, 1.82) is 0 Å². The summed E-state index contributed by atoms with van der Waals surface area (Å²) >= 11 is 0. The Hall–Kier alpha value is -0.0400. The van der Waals surface area contributed by atoms with E-state index in [2.05, 4.69) is 32.6 Å². The molecule has 0 unspecified atom stereocenters. The fourth-order valence-electron chi connectivity index (χ4n) is 2.31. The van der Waals surface area contributed by atoms with E-state index in [0.29, 0.717) is 5.54 Å². The number of rotatable bonds is 4. The highest BCUT2D eigenvalue weighted by Gasteiger charge is 2.29. The molecule has 0 aromatic heterocycles. The van der Waals surface area contributed by atoms with Crippen LogP contribution in [-0.2, 0) is 0 Å². The zero-order valence-corrected chi connectivity index (χ0v) is 9.40. The zero-order valence-electron chi connectivity index (χ0n) is 9.40. The highest BCUT2D eigenvalue weighted by molar-refractivity contribution is 4.89. The van der Waals surface area contributed by atoms with Crippen LogP contribution in [0.15, 0.2) is 0 Å². The van der Waals surface area contributed by atoms with Crippen LogP contribution in [0, 0.1) is 12.5 Å². The average Bonchev–Trinajstić information content (AvgIpc) is 2.16. The van der Waals surface area contributed by atoms with E-state index in [1.807, 2.05) is 0 Å². The first-order chi connectivity index (χ1) is 6.17. The number of nitrogens with one attached hydrogen (secondary N) is 1. The summed E-state index contributed by atoms with van der Waals surface area (Å²) in [6, 6.07) is 0. The minimum absolute atomic E-state index is 0.316. The van der Waals surface area contributed by atoms with E-state index < -0.39 is 0 Å². The van der Waals surface area contributed by atoms with Crippen molar-refractivity contribution in [3.63, 3.8) is 0 Å². The lowest BCUT2D eigenvalue weighted by Crippen LogP contribution is -2.45. The van der Waals surface area contributed by atoms with E-state index in [9.17, 15) is 0 Å². The Morgan fingerprint density at radius 1 is 1.23 bits per heavy atom. The van der Waals surface area contributed by atoms with Crippen LogP contribution in [0.5, 0.6) is 0 Å². The molecule has 0 saturated heterocycles. The van der Waals surface area contributed by atoms with Crippen LogP contribution in [0.1, 0.15) is 59.3 Å². The molecule has 0 aromatic rings. The Labute approximate surface area is 83.3 Å². The molecule has 13 heavy (non-hydrogen) atoms. The molecular formula is C12H24N. The third kappa shape index (κ3) is 3.30. The Bertz CT molecular complexity index is 134. The second-order valence-electron chi connectivity index (χ2n) is 4.81. The second-order valence-corrected chi connectivity index (χ2v) is 4.81. The predicted molar refractivity (Wildman–Crippen MR) is 58.4 cm³/mol. The van der Waals surface area contributed by atoms with Gasteiger partial charge in [0.05, 0.1) is 0 Å². The van der Waals surface area contributed by atoms with Gasteiger partial charge in [-0.1, -0.05) is 26.2 Å². The number of hydrogen-bond acceptors (Lipinski definition) is 1. The standard InChI is InChI=1S/C12H24N/c1-4-10-13-12(2,3)11-8-6-5-7-9-11/h10-11,13H,4-9H2,1-3H3. The van der Waals surface area contributed by atoms with E-state index in [0.717, 1.165) is 12.3 Å². The van der Waals surface area contributed by atoms with Gasteiger partial charge in [-0.2, -0.15) is 0 Å². The van der Waals surface area contributed by atoms with Crippen molar-refractivity contribution >= 4 is 0 Å². The Balaban J connectivity index is 2.36. The molecule has 1 rings (SSSR count). The molecule has 1 saturated carbocycles. The Morgan fingerprint density at radius 3 is 2.38 bits per heavy atom. The molecule has 77 valence electrons. The molecule has 1 heteroatoms. The minimum Gasteiger partial charge on any atom is -0.307 e. The molecule has 0 aromatic carbocycles. The van der Waals surface area contributed by atoms with Gasteiger partial charge in [-0.05, 0) is 39.0 Å². The maximum atomic E-state index is 3.55. The summed E-state index contributed by atoms with van der Waals surface area (Å²) in [5, 5.41) is 3.55. The van der Waals surface area contributed by atoms with Crippen LogP contribution >= 0.6 is 0 Å². The van der Waals surface area contributed by atoms with Gasteiger partial charge in [-0.3, -0.25) is 0 Å². The molecule has 1 fully saturated rings. The molecule has 1 aliphatic carbocycles. The smallest absolute Gasteiger partial charge is 0.0223 e. The van der Waals surface area contributed by atoms with E-state index in [4.69, 9.17) is 0 Å². The first-order valence-corrected chi connectivity index (χ1v) is 5.76. The fraction of sp³-hybridized carbons (Fsp3) is 0.917. The summed E-state index contributed by atoms with van der Waals surface area (Å²) in [4.78, 5) is 0. The van der Waals surface area contributed by atoms with Crippen molar-refractivity contribution in [2.45, 2.75) is 64.8 Å². The van der Waals surface area contributed by atoms with Crippen LogP contribution in [0.3, 0.4) is 0 Å². The van der Waals surface area contributed by atoms with Crippen molar-refractivity contribution in [2.24, 2.45) is 5.92 Å². The SMILES string of the molecule is CC[CH]NC(C)(C)C1CCCCC1. The lowest BCUT2D eigenvalue weighted by Gasteiger charge is -2.37. The largest absolute Gasteiger partial charge is 0.307 e. The van der Waals surface area contributed by atoms with Crippen LogP contribution in [0.2, 0.25) is 0 Å². The molecule has 1 aliphatic rings. The van der Waals surface area contributed by atoms with Gasteiger partial charge in [0.25, 0.3) is 0 Å². The molecular weight excluding hydrogens is 158 g/mol. The molecule has 1 nitrogen and oxygen atoms in total. The van der Waals surface area contributed by atoms with Crippen molar-refractivity contribution < 1.29 is 0 Å². The molecule has 0 atom stereocenters. The van der Waals surface area contributed by atoms with E-state index >= 15 is 0 Å². The summed E-state index contributed by atoms with van der Waals surface area (Å²) in [7, 11) is 0. The second kappa shape index (κ2) is 4.99. The molecule has 0 spiro atoms. The van der Waals surface area contributed by atoms with Gasteiger partial charge in [0.2, 0.25) is 0 Å². The van der Waals surface area contributed by atoms with Crippen LogP contribution in [0.4, 0.5) is 0 Å². The monoisotopic (exact) mass is 182 g/mol. The molecule has 1 radical (unpaired) electrons. The van der Waals surface area contributed by atoms with Crippen molar-refractivity contribution in [1.82, 2.24) is 5.32 Å². The first-order valence-electron chi connectivity index (χ1n) is 5.76. The summed E-state index contributed by atoms with van der Waals surface area (Å²) in [6.07, 6.45) is 8.26. The predicted octanol–water partition coefficient (Wildman–Crippen LogP) is 3.51. The molecule has 1 N–H and O–H groups in total. The van der Waals surface area contributed by atoms with Crippen molar-refractivity contribution in [2.75, 3.05) is 0 Å². The van der Waals surface area contributed by atoms with Gasteiger partial charge in [0.15, 0.2) is 0 Å². The van der Waals surface area contributed by atoms with E-state index in [1.165, 1.54) is 32.1 Å². The van der Waals surface area contributed by atoms with Gasteiger partial charge in [-0.25, -0.2) is 0 Å². The Kier molecular flexibility index (Phi) is 4.24. The molecule has 0 bridgehead atoms. The maximum absolute atomic E-state index is 3.55. The fourth-order valence-corrected chi connectivity index (χ4v) is 2.31. The highest BCUT2D eigenvalue weighted by Crippen LogP contribution is 2.32. The lowest BCUT2D eigenvalue weighted by molar-refractivity contribution is 0.205. The molecule has 0 amide bonds. The van der Waals surface area contributed by atoms with Gasteiger partial charge in [-0.15, -0.1) is 0 Å². The maximum Gasteiger partial charge on any atom is 0.0223 e. The molecule has 0 heterocycles. The first kappa shape index (κ1) is 11.0. The minimum atomic E-state index is 0.316. The molecule has 0 aliphatic heterocycles. The third-order valence-electron chi connectivity index (χ3n) is 3.30. The Morgan fingerprint density at radius 2 is 1.85 bits per heavy atom. The number of hydrogen-bond donors (Lipinski definition) is 1. The summed E-state index contributed by atoms with van der Waals surface area (Å²) in [5.74, 6) is 0.879. The van der Waals surface area contributed by atoms with Crippen molar-refractivity contribution in [3.05, 3.63) is 6.54 Å². The van der Waals surface area contributed by atoms with E-state index in [1.54, 1.807) is 0 Å². The van der Waals surface area contributed by atoms with Crippen LogP contribution in [-0.4, -0.2) is 5.54 Å². The third-order valence-corrected chi connectivity index (χ3v) is 3.30. The van der Waals surface area contributed by atoms with Crippen LogP contribution < -0.4 is 5.32 Å². The quantitative estimate of drug-likeness (QED) is 0.701. The highest BCUT2D eigenvalue weighted by atomic mass is 15.0. The lowest BCUT2D eigenvalue weighted by atomic mass is 9.77. The summed E-state index contributed by atoms with van der Waals surface area (Å²) in [5.41, 5.74) is 0.316. The van der Waals surface area contributed by atoms with E-state index in [-0.39, 0.29) is 0 Å². The summed E-state index contributed by atoms with van der Waals surface area (Å²) in [6.45, 7) is 9.07. The topological polar surface area (TPSA) is 12.0 Å². The normalized spacial score (nSPS) is 20.5. The van der Waals surface area contributed by atoms with Gasteiger partial charge in [0, 0.05) is 12.1 Å². The van der Waals surface area contributed by atoms with Crippen LogP contribution in [0.25, 0.3) is 0 Å². The van der Waals surface area contributed by atoms with Crippen molar-refractivity contribution in [3.8, 4) is 0 Å². The summed E-state index contributed by atoms with van der Waals surface area (Å²) < 4.78 is 0. The van der Waals surface area contributed by atoms with Gasteiger partial charge in [0.1, 0.15) is 0 Å². The zero-order chi connectivity index (χ0) is 9.73. The van der Waals surface area contributed by atoms with Gasteiger partial charge < -0.3 is 5.32 Å². The average molecular weight is 182 g/mol. The van der Waals surface area contributed by atoms with Gasteiger partial charge >= 0.3 is 0 Å².